The van der Waals surface area contributed by atoms with E-state index in [1.54, 1.807) is 0 Å². The maximum absolute atomic E-state index is 13.7. The van der Waals surface area contributed by atoms with E-state index in [2.05, 4.69) is 0 Å². The third-order valence-corrected chi connectivity index (χ3v) is 7.63. The van der Waals surface area contributed by atoms with Gasteiger partial charge >= 0.3 is 17.1 Å². The first kappa shape index (κ1) is 24.7. The summed E-state index contributed by atoms with van der Waals surface area (Å²) < 4.78 is 96.9. The molecule has 4 aliphatic carbocycles. The van der Waals surface area contributed by atoms with Gasteiger partial charge in [-0.15, -0.1) is 0 Å². The van der Waals surface area contributed by atoms with Gasteiger partial charge in [0, 0.05) is 0 Å². The van der Waals surface area contributed by atoms with Gasteiger partial charge in [0.15, 0.2) is 10.1 Å². The summed E-state index contributed by atoms with van der Waals surface area (Å²) in [5, 5.41) is -5.78. The summed E-state index contributed by atoms with van der Waals surface area (Å²) in [7, 11) is -6.57. The van der Waals surface area contributed by atoms with Crippen LogP contribution in [0.4, 0.5) is 17.6 Å². The van der Waals surface area contributed by atoms with Gasteiger partial charge in [-0.25, -0.2) is 8.42 Å². The van der Waals surface area contributed by atoms with Gasteiger partial charge < -0.3 is 14.0 Å². The van der Waals surface area contributed by atoms with Gasteiger partial charge in [0.25, 0.3) is 0 Å². The fourth-order valence-corrected chi connectivity index (χ4v) is 6.46. The van der Waals surface area contributed by atoms with Crippen LogP contribution in [0.15, 0.2) is 0 Å². The molecule has 4 saturated carbocycles. The molecule has 4 fully saturated rings. The molecule has 4 rings (SSSR count). The third-order valence-electron chi connectivity index (χ3n) is 6.70. The predicted octanol–water partition coefficient (Wildman–Crippen LogP) is 4.24. The molecule has 0 radical (unpaired) electrons. The van der Waals surface area contributed by atoms with Crippen molar-refractivity contribution < 1.29 is 44.8 Å². The first-order valence-electron chi connectivity index (χ1n) is 10.5. The Morgan fingerprint density at radius 1 is 1.10 bits per heavy atom. The van der Waals surface area contributed by atoms with Crippen molar-refractivity contribution in [1.29, 1.82) is 0 Å². The highest BCUT2D eigenvalue weighted by Gasteiger charge is 2.62. The number of carbonyl (C=O) groups is 1. The molecule has 4 unspecified atom stereocenters. The number of hydrogen-bond donors (Lipinski definition) is 0. The Balaban J connectivity index is 1.73. The number of ether oxygens (including phenoxy) is 2. The highest BCUT2D eigenvalue weighted by molar-refractivity contribution is 7.86. The number of alkyl halides is 4. The van der Waals surface area contributed by atoms with Crippen LogP contribution < -0.4 is 0 Å². The monoisotopic (exact) mass is 473 g/mol. The standard InChI is InChI=1S/C20H30F4O6S/c1-16(2,3)30-18-5-4-13-8-14(11-18)10-17(9-13,12-18)15(25)29-7-6-19(21,22)20(23,24)31(26,27)28/h13-14H,4-12H2,1-3H3,(H,26,27,28)/p-1. The minimum atomic E-state index is -6.57. The van der Waals surface area contributed by atoms with Gasteiger partial charge in [-0.2, -0.15) is 17.6 Å². The first-order chi connectivity index (χ1) is 13.9. The molecule has 4 atom stereocenters. The zero-order chi connectivity index (χ0) is 23.5. The normalized spacial score (nSPS) is 33.9. The van der Waals surface area contributed by atoms with Crippen molar-refractivity contribution in [3.8, 4) is 0 Å². The van der Waals surface area contributed by atoms with Crippen LogP contribution >= 0.6 is 0 Å². The van der Waals surface area contributed by atoms with Crippen LogP contribution in [-0.4, -0.2) is 47.9 Å². The van der Waals surface area contributed by atoms with Crippen LogP contribution in [-0.2, 0) is 24.4 Å². The summed E-state index contributed by atoms with van der Waals surface area (Å²) in [5.41, 5.74) is -1.91. The first-order valence-corrected chi connectivity index (χ1v) is 11.9. The molecule has 0 aromatic carbocycles. The summed E-state index contributed by atoms with van der Waals surface area (Å²) in [4.78, 5) is 13.0. The quantitative estimate of drug-likeness (QED) is 0.312. The molecular formula is C20H29F4O6S-. The molecule has 0 aliphatic heterocycles. The molecule has 0 saturated heterocycles. The van der Waals surface area contributed by atoms with Gasteiger partial charge in [0.1, 0.15) is 0 Å². The van der Waals surface area contributed by atoms with Crippen molar-refractivity contribution in [2.45, 2.75) is 94.5 Å². The highest BCUT2D eigenvalue weighted by atomic mass is 32.2. The van der Waals surface area contributed by atoms with Crippen molar-refractivity contribution in [3.05, 3.63) is 0 Å². The van der Waals surface area contributed by atoms with Crippen LogP contribution in [0, 0.1) is 17.3 Å². The zero-order valence-corrected chi connectivity index (χ0v) is 18.7. The SMILES string of the molecule is CC(C)(C)OC12CCC3CC(C1)CC(C(=O)OCCC(F)(F)C(F)(F)S(=O)(=O)[O-])(C3)C2. The van der Waals surface area contributed by atoms with Crippen LogP contribution in [0.3, 0.4) is 0 Å². The van der Waals surface area contributed by atoms with E-state index >= 15 is 0 Å². The summed E-state index contributed by atoms with van der Waals surface area (Å²) in [6.07, 6.45) is 3.10. The minimum absolute atomic E-state index is 0.223. The molecule has 180 valence electrons. The van der Waals surface area contributed by atoms with E-state index in [-0.39, 0.29) is 11.8 Å². The van der Waals surface area contributed by atoms with E-state index in [9.17, 15) is 35.3 Å². The fourth-order valence-electron chi connectivity index (χ4n) is 5.99. The summed E-state index contributed by atoms with van der Waals surface area (Å²) in [6, 6.07) is 0. The molecule has 0 aromatic heterocycles. The number of halogens is 4. The van der Waals surface area contributed by atoms with Crippen LogP contribution in [0.5, 0.6) is 0 Å². The van der Waals surface area contributed by atoms with Crippen molar-refractivity contribution in [3.63, 3.8) is 0 Å². The van der Waals surface area contributed by atoms with Crippen molar-refractivity contribution in [1.82, 2.24) is 0 Å². The van der Waals surface area contributed by atoms with E-state index in [0.29, 0.717) is 19.3 Å². The average molecular weight is 474 g/mol. The van der Waals surface area contributed by atoms with E-state index in [1.807, 2.05) is 20.8 Å². The van der Waals surface area contributed by atoms with Crippen LogP contribution in [0.1, 0.15) is 72.1 Å². The van der Waals surface area contributed by atoms with Gasteiger partial charge in [-0.1, -0.05) is 0 Å². The maximum atomic E-state index is 13.7. The Hall–Kier alpha value is -0.940. The smallest absolute Gasteiger partial charge is 0.396 e. The zero-order valence-electron chi connectivity index (χ0n) is 17.9. The Bertz CT molecular complexity index is 824. The summed E-state index contributed by atoms with van der Waals surface area (Å²) in [6.45, 7) is 4.68. The third kappa shape index (κ3) is 4.73. The second-order valence-corrected chi connectivity index (χ2v) is 12.0. The van der Waals surface area contributed by atoms with Gasteiger partial charge in [-0.05, 0) is 77.6 Å². The lowest BCUT2D eigenvalue weighted by Crippen LogP contribution is -2.53. The maximum Gasteiger partial charge on any atom is 0.396 e. The number of esters is 1. The Morgan fingerprint density at radius 2 is 1.71 bits per heavy atom. The number of rotatable bonds is 7. The second-order valence-electron chi connectivity index (χ2n) is 10.5. The lowest BCUT2D eigenvalue weighted by Gasteiger charge is -2.52. The molecule has 0 heterocycles. The van der Waals surface area contributed by atoms with E-state index in [1.165, 1.54) is 0 Å². The lowest BCUT2D eigenvalue weighted by molar-refractivity contribution is -0.201. The highest BCUT2D eigenvalue weighted by Crippen LogP contribution is 2.61. The minimum Gasteiger partial charge on any atom is -0.743 e. The molecule has 6 nitrogen and oxygen atoms in total. The topological polar surface area (TPSA) is 92.7 Å². The Kier molecular flexibility index (Phi) is 6.01. The number of hydrogen-bond acceptors (Lipinski definition) is 6. The lowest BCUT2D eigenvalue weighted by atomic mass is 9.57. The van der Waals surface area contributed by atoms with E-state index in [0.717, 1.165) is 25.7 Å². The second kappa shape index (κ2) is 7.55. The molecule has 4 aliphatic rings. The fraction of sp³-hybridized carbons (Fsp3) is 0.950. The largest absolute Gasteiger partial charge is 0.743 e. The van der Waals surface area contributed by atoms with Gasteiger partial charge in [0.2, 0.25) is 0 Å². The van der Waals surface area contributed by atoms with Gasteiger partial charge in [0.05, 0.1) is 29.6 Å². The number of carbonyl (C=O) groups excluding carboxylic acids is 1. The Morgan fingerprint density at radius 3 is 2.29 bits per heavy atom. The predicted molar refractivity (Wildman–Crippen MR) is 100 cm³/mol. The van der Waals surface area contributed by atoms with Crippen molar-refractivity contribution in [2.24, 2.45) is 17.3 Å². The molecule has 0 amide bonds. The molecule has 4 bridgehead atoms. The van der Waals surface area contributed by atoms with Crippen molar-refractivity contribution in [2.75, 3.05) is 6.61 Å². The van der Waals surface area contributed by atoms with Crippen LogP contribution in [0.25, 0.3) is 0 Å². The van der Waals surface area contributed by atoms with Gasteiger partial charge in [-0.3, -0.25) is 4.79 Å². The van der Waals surface area contributed by atoms with E-state index < -0.39 is 56.9 Å². The molecule has 11 heteroatoms. The molecule has 0 N–H and O–H groups in total. The van der Waals surface area contributed by atoms with Crippen molar-refractivity contribution >= 4 is 16.1 Å². The molecular weight excluding hydrogens is 444 g/mol. The summed E-state index contributed by atoms with van der Waals surface area (Å²) >= 11 is 0. The average Bonchev–Trinajstić information content (AvgIpc) is 2.74. The van der Waals surface area contributed by atoms with E-state index in [4.69, 9.17) is 9.47 Å². The molecule has 0 aromatic rings. The molecule has 31 heavy (non-hydrogen) atoms. The summed E-state index contributed by atoms with van der Waals surface area (Å²) in [5.74, 6) is -5.39. The van der Waals surface area contributed by atoms with Crippen LogP contribution in [0.2, 0.25) is 0 Å². The Labute approximate surface area is 179 Å². The number of fused-ring (bicyclic) bond motifs is 1. The molecule has 0 spiro atoms.